The average Bonchev–Trinajstić information content (AvgIpc) is 2.95. The number of rotatable bonds is 6. The number of carboxylic acids is 2. The topological polar surface area (TPSA) is 137 Å². The zero-order valence-electron chi connectivity index (χ0n) is 22.5. The molecule has 1 fully saturated rings. The molecule has 43 heavy (non-hydrogen) atoms. The van der Waals surface area contributed by atoms with Gasteiger partial charge in [-0.3, -0.25) is 19.6 Å². The van der Waals surface area contributed by atoms with E-state index in [9.17, 15) is 31.1 Å². The Morgan fingerprint density at radius 3 is 1.30 bits per heavy atom. The van der Waals surface area contributed by atoms with Crippen LogP contribution in [-0.2, 0) is 22.7 Å². The molecule has 1 aliphatic rings. The van der Waals surface area contributed by atoms with E-state index in [2.05, 4.69) is 51.2 Å². The second-order valence-corrected chi connectivity index (χ2v) is 9.15. The summed E-state index contributed by atoms with van der Waals surface area (Å²) in [7, 11) is 0. The number of primary amides is 1. The number of amides is 1. The third-order valence-electron chi connectivity index (χ3n) is 5.97. The Morgan fingerprint density at radius 2 is 0.977 bits per heavy atom. The van der Waals surface area contributed by atoms with Crippen molar-refractivity contribution >= 4 is 17.8 Å². The Hall–Kier alpha value is -4.50. The molecule has 1 saturated heterocycles. The van der Waals surface area contributed by atoms with Crippen molar-refractivity contribution in [2.45, 2.75) is 25.4 Å². The fourth-order valence-corrected chi connectivity index (χ4v) is 3.74. The van der Waals surface area contributed by atoms with Gasteiger partial charge in [0, 0.05) is 57.2 Å². The number of carboxylic acid groups (broad SMARTS) is 2. The van der Waals surface area contributed by atoms with Crippen LogP contribution in [0.1, 0.15) is 21.5 Å². The summed E-state index contributed by atoms with van der Waals surface area (Å²) < 4.78 is 63.5. The van der Waals surface area contributed by atoms with Crippen molar-refractivity contribution in [3.8, 4) is 11.1 Å². The summed E-state index contributed by atoms with van der Waals surface area (Å²) in [5.74, 6) is -5.91. The number of nitrogens with two attached hydrogens (primary N) is 1. The summed E-state index contributed by atoms with van der Waals surface area (Å²) in [4.78, 5) is 38.1. The molecule has 0 radical (unpaired) electrons. The normalized spacial score (nSPS) is 14.0. The number of carbonyl (C=O) groups excluding carboxylic acids is 1. The first-order chi connectivity index (χ1) is 20.1. The van der Waals surface area contributed by atoms with Crippen LogP contribution >= 0.6 is 0 Å². The van der Waals surface area contributed by atoms with Gasteiger partial charge >= 0.3 is 24.3 Å². The van der Waals surface area contributed by atoms with Crippen LogP contribution in [-0.4, -0.2) is 81.4 Å². The molecule has 1 amide bonds. The van der Waals surface area contributed by atoms with E-state index in [1.807, 2.05) is 24.5 Å². The second kappa shape index (κ2) is 15.7. The maximum Gasteiger partial charge on any atom is 0.490 e. The molecule has 0 saturated carbocycles. The minimum absolute atomic E-state index is 0.396. The molecule has 0 aliphatic carbocycles. The number of pyridine rings is 1. The smallest absolute Gasteiger partial charge is 0.475 e. The summed E-state index contributed by atoms with van der Waals surface area (Å²) in [5, 5.41) is 14.2. The molecule has 1 aliphatic heterocycles. The Balaban J connectivity index is 0.000000384. The molecular formula is C28H28F6N4O5. The Labute approximate surface area is 242 Å². The van der Waals surface area contributed by atoms with E-state index in [0.29, 0.717) is 5.56 Å². The van der Waals surface area contributed by atoms with E-state index in [1.165, 1.54) is 11.1 Å². The van der Waals surface area contributed by atoms with Crippen molar-refractivity contribution in [2.24, 2.45) is 5.73 Å². The van der Waals surface area contributed by atoms with E-state index in [0.717, 1.165) is 50.4 Å². The van der Waals surface area contributed by atoms with Crippen molar-refractivity contribution < 1.29 is 50.9 Å². The molecule has 0 atom stereocenters. The fourth-order valence-electron chi connectivity index (χ4n) is 3.74. The molecule has 4 rings (SSSR count). The van der Waals surface area contributed by atoms with Gasteiger partial charge in [-0.25, -0.2) is 9.59 Å². The largest absolute Gasteiger partial charge is 0.490 e. The minimum Gasteiger partial charge on any atom is -0.475 e. The lowest BCUT2D eigenvalue weighted by molar-refractivity contribution is -0.193. The van der Waals surface area contributed by atoms with Crippen molar-refractivity contribution in [1.82, 2.24) is 14.8 Å². The lowest BCUT2D eigenvalue weighted by Crippen LogP contribution is -2.45. The number of hydrogen-bond donors (Lipinski definition) is 3. The van der Waals surface area contributed by atoms with Crippen LogP contribution in [0.2, 0.25) is 0 Å². The monoisotopic (exact) mass is 614 g/mol. The lowest BCUT2D eigenvalue weighted by Gasteiger charge is -2.34. The summed E-state index contributed by atoms with van der Waals surface area (Å²) >= 11 is 0. The number of halogens is 6. The van der Waals surface area contributed by atoms with Gasteiger partial charge < -0.3 is 15.9 Å². The average molecular weight is 615 g/mol. The van der Waals surface area contributed by atoms with E-state index < -0.39 is 30.2 Å². The zero-order chi connectivity index (χ0) is 32.2. The number of benzene rings is 2. The van der Waals surface area contributed by atoms with Gasteiger partial charge in [-0.15, -0.1) is 0 Å². The van der Waals surface area contributed by atoms with Gasteiger partial charge in [0.15, 0.2) is 0 Å². The highest BCUT2D eigenvalue weighted by Crippen LogP contribution is 2.21. The van der Waals surface area contributed by atoms with Crippen LogP contribution < -0.4 is 5.73 Å². The SMILES string of the molecule is NC(=O)c1ccc(-c2ccc(CN3CCN(Cc4ccncc4)CC3)cc2)cc1.O=C(O)C(F)(F)F.O=C(O)C(F)(F)F. The van der Waals surface area contributed by atoms with Crippen molar-refractivity contribution in [1.29, 1.82) is 0 Å². The predicted octanol–water partition coefficient (Wildman–Crippen LogP) is 4.43. The maximum absolute atomic E-state index is 11.2. The highest BCUT2D eigenvalue weighted by molar-refractivity contribution is 5.93. The zero-order valence-corrected chi connectivity index (χ0v) is 22.5. The van der Waals surface area contributed by atoms with Gasteiger partial charge in [0.05, 0.1) is 0 Å². The minimum atomic E-state index is -5.08. The van der Waals surface area contributed by atoms with Crippen LogP contribution in [0.5, 0.6) is 0 Å². The molecule has 4 N–H and O–H groups in total. The molecule has 1 aromatic heterocycles. The summed E-state index contributed by atoms with van der Waals surface area (Å²) in [6.07, 6.45) is -6.44. The number of nitrogens with zero attached hydrogens (tertiary/aromatic N) is 3. The molecule has 232 valence electrons. The highest BCUT2D eigenvalue weighted by Gasteiger charge is 2.38. The van der Waals surface area contributed by atoms with Crippen LogP contribution in [0.3, 0.4) is 0 Å². The number of aliphatic carboxylic acids is 2. The molecule has 2 aromatic carbocycles. The first kappa shape index (κ1) is 34.7. The third-order valence-corrected chi connectivity index (χ3v) is 5.97. The number of alkyl halides is 6. The van der Waals surface area contributed by atoms with Gasteiger partial charge in [0.25, 0.3) is 0 Å². The van der Waals surface area contributed by atoms with Gasteiger partial charge in [0.2, 0.25) is 5.91 Å². The Kier molecular flexibility index (Phi) is 12.6. The van der Waals surface area contributed by atoms with Crippen LogP contribution in [0.15, 0.2) is 73.1 Å². The number of aromatic nitrogens is 1. The van der Waals surface area contributed by atoms with Crippen LogP contribution in [0, 0.1) is 0 Å². The summed E-state index contributed by atoms with van der Waals surface area (Å²) in [6.45, 7) is 6.33. The van der Waals surface area contributed by atoms with Gasteiger partial charge in [-0.2, -0.15) is 26.3 Å². The van der Waals surface area contributed by atoms with Crippen LogP contribution in [0.4, 0.5) is 26.3 Å². The number of hydrogen-bond acceptors (Lipinski definition) is 6. The molecule has 0 unspecified atom stereocenters. The first-order valence-corrected chi connectivity index (χ1v) is 12.5. The highest BCUT2D eigenvalue weighted by atomic mass is 19.4. The van der Waals surface area contributed by atoms with E-state index in [-0.39, 0.29) is 0 Å². The number of piperazine rings is 1. The van der Waals surface area contributed by atoms with E-state index >= 15 is 0 Å². The van der Waals surface area contributed by atoms with Gasteiger partial charge in [-0.05, 0) is 46.5 Å². The molecule has 9 nitrogen and oxygen atoms in total. The van der Waals surface area contributed by atoms with Crippen LogP contribution in [0.25, 0.3) is 11.1 Å². The number of carbonyl (C=O) groups is 3. The maximum atomic E-state index is 11.2. The van der Waals surface area contributed by atoms with Crippen molar-refractivity contribution in [3.05, 3.63) is 89.7 Å². The van der Waals surface area contributed by atoms with E-state index in [1.54, 1.807) is 12.1 Å². The lowest BCUT2D eigenvalue weighted by atomic mass is 10.0. The third kappa shape index (κ3) is 12.5. The Morgan fingerprint density at radius 1 is 0.651 bits per heavy atom. The molecule has 0 spiro atoms. The van der Waals surface area contributed by atoms with Gasteiger partial charge in [0.1, 0.15) is 0 Å². The van der Waals surface area contributed by atoms with Crippen molar-refractivity contribution in [3.63, 3.8) is 0 Å². The molecular weight excluding hydrogens is 586 g/mol. The summed E-state index contributed by atoms with van der Waals surface area (Å²) in [5.41, 5.74) is 10.7. The Bertz CT molecular complexity index is 1300. The molecule has 0 bridgehead atoms. The fraction of sp³-hybridized carbons (Fsp3) is 0.286. The molecule has 3 aromatic rings. The van der Waals surface area contributed by atoms with Crippen molar-refractivity contribution in [2.75, 3.05) is 26.2 Å². The quantitative estimate of drug-likeness (QED) is 0.347. The standard InChI is InChI=1S/C24H26N4O.2C2HF3O2/c25-24(29)23-7-5-22(6-8-23)21-3-1-19(2-4-21)17-27-13-15-28(16-14-27)18-20-9-11-26-12-10-20;2*3-2(4,5)1(6)7/h1-12H,13-18H2,(H2,25,29);2*(H,6,7). The second-order valence-electron chi connectivity index (χ2n) is 9.15. The predicted molar refractivity (Wildman–Crippen MR) is 143 cm³/mol. The first-order valence-electron chi connectivity index (χ1n) is 12.5. The van der Waals surface area contributed by atoms with E-state index in [4.69, 9.17) is 25.5 Å². The molecule has 15 heteroatoms. The molecule has 2 heterocycles. The summed E-state index contributed by atoms with van der Waals surface area (Å²) in [6, 6.07) is 20.3. The van der Waals surface area contributed by atoms with Gasteiger partial charge in [-0.1, -0.05) is 36.4 Å².